The Bertz CT molecular complexity index is 539. The first-order valence-corrected chi connectivity index (χ1v) is 9.08. The first-order chi connectivity index (χ1) is 10.1. The maximum atomic E-state index is 12.2. The van der Waals surface area contributed by atoms with E-state index in [0.29, 0.717) is 10.8 Å². The molecular formula is C15H19NO3S2. The molecular weight excluding hydrogens is 306 g/mol. The van der Waals surface area contributed by atoms with Crippen molar-refractivity contribution in [1.82, 2.24) is 5.32 Å². The summed E-state index contributed by atoms with van der Waals surface area (Å²) < 4.78 is 0. The quantitative estimate of drug-likeness (QED) is 0.816. The van der Waals surface area contributed by atoms with Gasteiger partial charge < -0.3 is 10.4 Å². The first kappa shape index (κ1) is 16.1. The molecule has 0 aromatic carbocycles. The molecule has 1 heterocycles. The van der Waals surface area contributed by atoms with Gasteiger partial charge in [0, 0.05) is 27.6 Å². The van der Waals surface area contributed by atoms with Crippen molar-refractivity contribution in [3.63, 3.8) is 0 Å². The van der Waals surface area contributed by atoms with Crippen molar-refractivity contribution in [2.24, 2.45) is 0 Å². The fourth-order valence-electron chi connectivity index (χ4n) is 2.47. The Morgan fingerprint density at radius 3 is 3.00 bits per heavy atom. The molecule has 1 saturated carbocycles. The molecule has 114 valence electrons. The van der Waals surface area contributed by atoms with Crippen molar-refractivity contribution >= 4 is 41.1 Å². The summed E-state index contributed by atoms with van der Waals surface area (Å²) in [6, 6.07) is 1.98. The number of carbonyl (C=O) groups is 2. The molecule has 4 nitrogen and oxygen atoms in total. The van der Waals surface area contributed by atoms with Gasteiger partial charge in [0.2, 0.25) is 0 Å². The number of nitrogens with one attached hydrogen (secondary N) is 1. The molecule has 6 heteroatoms. The maximum Gasteiger partial charge on any atom is 0.328 e. The lowest BCUT2D eigenvalue weighted by atomic mass is 9.95. The van der Waals surface area contributed by atoms with E-state index in [4.69, 9.17) is 5.11 Å². The standard InChI is InChI=1S/C15H19NO3S2/c1-20-12-4-2-3-11(8-12)16-15(19)10-7-13(21-9-10)5-6-14(17)18/h5-7,9,11-12H,2-4,8H2,1H3,(H,16,19)(H,17,18)/b6-5+. The monoisotopic (exact) mass is 325 g/mol. The van der Waals surface area contributed by atoms with Crippen LogP contribution >= 0.6 is 23.1 Å². The molecule has 1 aliphatic rings. The van der Waals surface area contributed by atoms with E-state index in [-0.39, 0.29) is 11.9 Å². The van der Waals surface area contributed by atoms with E-state index in [1.165, 1.54) is 23.8 Å². The van der Waals surface area contributed by atoms with Crippen LogP contribution in [0.25, 0.3) is 6.08 Å². The van der Waals surface area contributed by atoms with Crippen molar-refractivity contribution in [3.05, 3.63) is 28.0 Å². The minimum atomic E-state index is -0.986. The third-order valence-electron chi connectivity index (χ3n) is 3.57. The lowest BCUT2D eigenvalue weighted by Crippen LogP contribution is -2.38. The van der Waals surface area contributed by atoms with Crippen LogP contribution in [0.2, 0.25) is 0 Å². The van der Waals surface area contributed by atoms with Crippen molar-refractivity contribution in [3.8, 4) is 0 Å². The fourth-order valence-corrected chi connectivity index (χ4v) is 4.08. The normalized spacial score (nSPS) is 22.3. The Labute approximate surface area is 132 Å². The molecule has 0 bridgehead atoms. The molecule has 2 atom stereocenters. The number of aliphatic carboxylic acids is 1. The molecule has 0 radical (unpaired) electrons. The summed E-state index contributed by atoms with van der Waals surface area (Å²) in [4.78, 5) is 23.5. The number of thiophene rings is 1. The molecule has 1 aromatic heterocycles. The maximum absolute atomic E-state index is 12.2. The first-order valence-electron chi connectivity index (χ1n) is 6.91. The number of carbonyl (C=O) groups excluding carboxylic acids is 1. The SMILES string of the molecule is CSC1CCCC(NC(=O)c2csc(/C=C/C(=O)O)c2)C1. The zero-order chi connectivity index (χ0) is 15.2. The second-order valence-electron chi connectivity index (χ2n) is 5.10. The van der Waals surface area contributed by atoms with E-state index >= 15 is 0 Å². The van der Waals surface area contributed by atoms with Gasteiger partial charge in [0.25, 0.3) is 5.91 Å². The van der Waals surface area contributed by atoms with Gasteiger partial charge in [-0.25, -0.2) is 4.79 Å². The molecule has 1 fully saturated rings. The van der Waals surface area contributed by atoms with Crippen molar-refractivity contribution in [2.45, 2.75) is 37.0 Å². The van der Waals surface area contributed by atoms with Crippen LogP contribution in [0.15, 0.2) is 17.5 Å². The second-order valence-corrected chi connectivity index (χ2v) is 7.18. The van der Waals surface area contributed by atoms with Crippen LogP contribution < -0.4 is 5.32 Å². The number of hydrogen-bond acceptors (Lipinski definition) is 4. The molecule has 1 aliphatic carbocycles. The second kappa shape index (κ2) is 7.66. The predicted molar refractivity (Wildman–Crippen MR) is 88.0 cm³/mol. The van der Waals surface area contributed by atoms with E-state index in [9.17, 15) is 9.59 Å². The summed E-state index contributed by atoms with van der Waals surface area (Å²) in [5.74, 6) is -1.05. The lowest BCUT2D eigenvalue weighted by Gasteiger charge is -2.28. The third-order valence-corrected chi connectivity index (χ3v) is 5.56. The number of amides is 1. The fraction of sp³-hybridized carbons (Fsp3) is 0.467. The zero-order valence-corrected chi connectivity index (χ0v) is 13.5. The smallest absolute Gasteiger partial charge is 0.328 e. The highest BCUT2D eigenvalue weighted by molar-refractivity contribution is 7.99. The van der Waals surface area contributed by atoms with Gasteiger partial charge in [-0.2, -0.15) is 11.8 Å². The summed E-state index contributed by atoms with van der Waals surface area (Å²) in [5.41, 5.74) is 0.608. The van der Waals surface area contributed by atoms with Crippen molar-refractivity contribution in [1.29, 1.82) is 0 Å². The molecule has 1 amide bonds. The van der Waals surface area contributed by atoms with Crippen molar-refractivity contribution < 1.29 is 14.7 Å². The van der Waals surface area contributed by atoms with Gasteiger partial charge in [0.15, 0.2) is 0 Å². The highest BCUT2D eigenvalue weighted by atomic mass is 32.2. The van der Waals surface area contributed by atoms with E-state index in [1.807, 2.05) is 11.8 Å². The van der Waals surface area contributed by atoms with E-state index < -0.39 is 5.97 Å². The van der Waals surface area contributed by atoms with E-state index in [0.717, 1.165) is 30.2 Å². The lowest BCUT2D eigenvalue weighted by molar-refractivity contribution is -0.131. The summed E-state index contributed by atoms with van der Waals surface area (Å²) in [6.07, 6.45) is 9.17. The van der Waals surface area contributed by atoms with Gasteiger partial charge in [-0.3, -0.25) is 4.79 Å². The Kier molecular flexibility index (Phi) is 5.87. The zero-order valence-electron chi connectivity index (χ0n) is 11.9. The summed E-state index contributed by atoms with van der Waals surface area (Å²) in [5, 5.41) is 14.1. The molecule has 0 aliphatic heterocycles. The van der Waals surface area contributed by atoms with Gasteiger partial charge in [-0.1, -0.05) is 6.42 Å². The summed E-state index contributed by atoms with van der Waals surface area (Å²) >= 11 is 3.24. The number of thioether (sulfide) groups is 1. The molecule has 2 unspecified atom stereocenters. The largest absolute Gasteiger partial charge is 0.478 e. The Morgan fingerprint density at radius 2 is 2.29 bits per heavy atom. The molecule has 21 heavy (non-hydrogen) atoms. The Morgan fingerprint density at radius 1 is 1.48 bits per heavy atom. The Hall–Kier alpha value is -1.27. The van der Waals surface area contributed by atoms with Crippen LogP contribution in [0.1, 0.15) is 40.9 Å². The van der Waals surface area contributed by atoms with Crippen LogP contribution in [-0.2, 0) is 4.79 Å². The van der Waals surface area contributed by atoms with Gasteiger partial charge in [-0.15, -0.1) is 11.3 Å². The molecule has 2 rings (SSSR count). The van der Waals surface area contributed by atoms with Gasteiger partial charge in [0.1, 0.15) is 0 Å². The number of rotatable bonds is 5. The van der Waals surface area contributed by atoms with Crippen LogP contribution in [0.3, 0.4) is 0 Å². The number of hydrogen-bond donors (Lipinski definition) is 2. The highest BCUT2D eigenvalue weighted by Crippen LogP contribution is 2.27. The van der Waals surface area contributed by atoms with Crippen LogP contribution in [-0.4, -0.2) is 34.5 Å². The average Bonchev–Trinajstić information content (AvgIpc) is 2.94. The van der Waals surface area contributed by atoms with Crippen LogP contribution in [0.5, 0.6) is 0 Å². The minimum Gasteiger partial charge on any atom is -0.478 e. The molecule has 2 N–H and O–H groups in total. The average molecular weight is 325 g/mol. The molecule has 0 spiro atoms. The highest BCUT2D eigenvalue weighted by Gasteiger charge is 2.23. The third kappa shape index (κ3) is 4.89. The van der Waals surface area contributed by atoms with E-state index in [1.54, 1.807) is 11.4 Å². The predicted octanol–water partition coefficient (Wildman–Crippen LogP) is 3.25. The number of carboxylic acids is 1. The topological polar surface area (TPSA) is 66.4 Å². The van der Waals surface area contributed by atoms with Crippen LogP contribution in [0.4, 0.5) is 0 Å². The number of carboxylic acid groups (broad SMARTS) is 1. The van der Waals surface area contributed by atoms with E-state index in [2.05, 4.69) is 11.6 Å². The summed E-state index contributed by atoms with van der Waals surface area (Å²) in [6.45, 7) is 0. The van der Waals surface area contributed by atoms with Gasteiger partial charge >= 0.3 is 5.97 Å². The van der Waals surface area contributed by atoms with Gasteiger partial charge in [0.05, 0.1) is 5.56 Å². The molecule has 0 saturated heterocycles. The van der Waals surface area contributed by atoms with Crippen molar-refractivity contribution in [2.75, 3.05) is 6.26 Å². The van der Waals surface area contributed by atoms with Gasteiger partial charge in [-0.05, 0) is 37.7 Å². The van der Waals surface area contributed by atoms with Crippen LogP contribution in [0, 0.1) is 0 Å². The summed E-state index contributed by atoms with van der Waals surface area (Å²) in [7, 11) is 0. The minimum absolute atomic E-state index is 0.0621. The molecule has 1 aromatic rings. The Balaban J connectivity index is 1.92.